The van der Waals surface area contributed by atoms with Crippen LogP contribution >= 0.6 is 0 Å². The third-order valence-electron chi connectivity index (χ3n) is 1.59. The maximum absolute atomic E-state index is 5.19. The Labute approximate surface area is 73.1 Å². The Balaban J connectivity index is 2.37. The molecule has 0 unspecified atom stereocenters. The van der Waals surface area contributed by atoms with Crippen LogP contribution < -0.4 is 0 Å². The van der Waals surface area contributed by atoms with Gasteiger partial charge in [-0.15, -0.1) is 0 Å². The van der Waals surface area contributed by atoms with E-state index in [1.165, 1.54) is 11.1 Å². The summed E-state index contributed by atoms with van der Waals surface area (Å²) in [6.07, 6.45) is 0. The molecule has 1 rings (SSSR count). The largest absolute Gasteiger partial charge is 0.359 e. The fourth-order valence-electron chi connectivity index (χ4n) is 0.927. The fourth-order valence-corrected chi connectivity index (χ4v) is 0.927. The molecule has 0 aliphatic carbocycles. The van der Waals surface area contributed by atoms with Crippen LogP contribution in [0, 0.1) is 6.92 Å². The zero-order valence-corrected chi connectivity index (χ0v) is 7.54. The highest BCUT2D eigenvalue weighted by Crippen LogP contribution is 2.03. The first-order valence-electron chi connectivity index (χ1n) is 3.95. The second-order valence-electron chi connectivity index (χ2n) is 2.74. The van der Waals surface area contributed by atoms with E-state index < -0.39 is 0 Å². The molecule has 2 heteroatoms. The molecule has 0 bridgehead atoms. The summed E-state index contributed by atoms with van der Waals surface area (Å²) in [5.74, 6) is 0. The lowest BCUT2D eigenvalue weighted by molar-refractivity contribution is -0.0390. The molecule has 0 aliphatic heterocycles. The van der Waals surface area contributed by atoms with Crippen LogP contribution in [0.3, 0.4) is 0 Å². The van der Waals surface area contributed by atoms with Crippen LogP contribution in [0.25, 0.3) is 0 Å². The van der Waals surface area contributed by atoms with Crippen molar-refractivity contribution in [1.29, 1.82) is 0 Å². The molecular weight excluding hydrogens is 152 g/mol. The monoisotopic (exact) mass is 166 g/mol. The van der Waals surface area contributed by atoms with Crippen molar-refractivity contribution in [2.45, 2.75) is 13.5 Å². The average molecular weight is 166 g/mol. The maximum atomic E-state index is 5.19. The van der Waals surface area contributed by atoms with Gasteiger partial charge in [0.2, 0.25) is 0 Å². The summed E-state index contributed by atoms with van der Waals surface area (Å²) in [4.78, 5) is 0. The van der Waals surface area contributed by atoms with Crippen molar-refractivity contribution >= 4 is 0 Å². The van der Waals surface area contributed by atoms with Gasteiger partial charge in [0, 0.05) is 7.11 Å². The maximum Gasteiger partial charge on any atom is 0.146 e. The van der Waals surface area contributed by atoms with Gasteiger partial charge in [0.05, 0.1) is 6.61 Å². The Morgan fingerprint density at radius 3 is 2.42 bits per heavy atom. The molecule has 12 heavy (non-hydrogen) atoms. The minimum absolute atomic E-state index is 0.355. The lowest BCUT2D eigenvalue weighted by Gasteiger charge is -2.02. The Bertz CT molecular complexity index is 216. The molecule has 0 aromatic heterocycles. The number of aryl methyl sites for hydroxylation is 1. The van der Waals surface area contributed by atoms with E-state index in [2.05, 4.69) is 31.2 Å². The van der Waals surface area contributed by atoms with Gasteiger partial charge >= 0.3 is 0 Å². The number of rotatable bonds is 4. The zero-order valence-electron chi connectivity index (χ0n) is 7.54. The predicted octanol–water partition coefficient (Wildman–Crippen LogP) is 2.12. The summed E-state index contributed by atoms with van der Waals surface area (Å²) in [5.41, 5.74) is 2.45. The van der Waals surface area contributed by atoms with Crippen LogP contribution in [-0.4, -0.2) is 13.9 Å². The van der Waals surface area contributed by atoms with Crippen LogP contribution in [0.4, 0.5) is 0 Å². The Kier molecular flexibility index (Phi) is 3.77. The van der Waals surface area contributed by atoms with Gasteiger partial charge in [-0.05, 0) is 12.5 Å². The fraction of sp³-hybridized carbons (Fsp3) is 0.400. The van der Waals surface area contributed by atoms with E-state index in [4.69, 9.17) is 9.47 Å². The summed E-state index contributed by atoms with van der Waals surface area (Å²) in [6, 6.07) is 8.27. The minimum atomic E-state index is 0.355. The van der Waals surface area contributed by atoms with E-state index in [-0.39, 0.29) is 0 Å². The first-order chi connectivity index (χ1) is 5.83. The molecule has 1 aromatic carbocycles. The van der Waals surface area contributed by atoms with E-state index in [0.29, 0.717) is 13.4 Å². The lowest BCUT2D eigenvalue weighted by Crippen LogP contribution is -1.96. The molecule has 0 atom stereocenters. The third kappa shape index (κ3) is 3.03. The van der Waals surface area contributed by atoms with Crippen molar-refractivity contribution < 1.29 is 9.47 Å². The number of methoxy groups -OCH3 is 1. The van der Waals surface area contributed by atoms with Gasteiger partial charge in [-0.2, -0.15) is 0 Å². The van der Waals surface area contributed by atoms with Gasteiger partial charge < -0.3 is 9.47 Å². The molecule has 0 amide bonds. The van der Waals surface area contributed by atoms with Crippen LogP contribution in [0.2, 0.25) is 0 Å². The van der Waals surface area contributed by atoms with E-state index >= 15 is 0 Å². The summed E-state index contributed by atoms with van der Waals surface area (Å²) in [6.45, 7) is 3.04. The molecule has 0 saturated heterocycles. The summed E-state index contributed by atoms with van der Waals surface area (Å²) in [5, 5.41) is 0. The zero-order chi connectivity index (χ0) is 8.81. The average Bonchev–Trinajstić information content (AvgIpc) is 2.09. The highest BCUT2D eigenvalue weighted by molar-refractivity contribution is 5.20. The van der Waals surface area contributed by atoms with Crippen molar-refractivity contribution in [2.75, 3.05) is 13.9 Å². The first-order valence-corrected chi connectivity index (χ1v) is 3.95. The summed E-state index contributed by atoms with van der Waals surface area (Å²) in [7, 11) is 1.62. The van der Waals surface area contributed by atoms with Gasteiger partial charge in [-0.25, -0.2) is 0 Å². The number of benzene rings is 1. The Morgan fingerprint density at radius 2 is 1.83 bits per heavy atom. The van der Waals surface area contributed by atoms with Gasteiger partial charge in [0.25, 0.3) is 0 Å². The molecule has 0 aliphatic rings. The normalized spacial score (nSPS) is 10.2. The molecule has 2 nitrogen and oxygen atoms in total. The number of hydrogen-bond donors (Lipinski definition) is 0. The van der Waals surface area contributed by atoms with Crippen molar-refractivity contribution in [3.05, 3.63) is 35.4 Å². The van der Waals surface area contributed by atoms with E-state index in [1.54, 1.807) is 7.11 Å². The number of ether oxygens (including phenoxy) is 2. The van der Waals surface area contributed by atoms with Gasteiger partial charge in [-0.3, -0.25) is 0 Å². The molecule has 0 radical (unpaired) electrons. The van der Waals surface area contributed by atoms with E-state index in [0.717, 1.165) is 0 Å². The predicted molar refractivity (Wildman–Crippen MR) is 47.8 cm³/mol. The molecular formula is C10H14O2. The topological polar surface area (TPSA) is 18.5 Å². The van der Waals surface area contributed by atoms with Gasteiger partial charge in [0.15, 0.2) is 0 Å². The van der Waals surface area contributed by atoms with Crippen LogP contribution in [0.15, 0.2) is 24.3 Å². The van der Waals surface area contributed by atoms with Gasteiger partial charge in [0.1, 0.15) is 6.79 Å². The standard InChI is InChI=1S/C10H14O2/c1-9-3-5-10(6-4-9)7-12-8-11-2/h3-6H,7-8H2,1-2H3. The van der Waals surface area contributed by atoms with Crippen molar-refractivity contribution in [2.24, 2.45) is 0 Å². The van der Waals surface area contributed by atoms with Crippen LogP contribution in [0.5, 0.6) is 0 Å². The summed E-state index contributed by atoms with van der Waals surface area (Å²) >= 11 is 0. The first kappa shape index (κ1) is 9.23. The highest BCUT2D eigenvalue weighted by atomic mass is 16.7. The van der Waals surface area contributed by atoms with Crippen LogP contribution in [-0.2, 0) is 16.1 Å². The highest BCUT2D eigenvalue weighted by Gasteiger charge is 1.91. The molecule has 66 valence electrons. The molecule has 1 aromatic rings. The third-order valence-corrected chi connectivity index (χ3v) is 1.59. The van der Waals surface area contributed by atoms with Gasteiger partial charge in [-0.1, -0.05) is 29.8 Å². The second kappa shape index (κ2) is 4.91. The van der Waals surface area contributed by atoms with Crippen LogP contribution in [0.1, 0.15) is 11.1 Å². The van der Waals surface area contributed by atoms with E-state index in [1.807, 2.05) is 0 Å². The molecule has 0 fully saturated rings. The second-order valence-corrected chi connectivity index (χ2v) is 2.74. The minimum Gasteiger partial charge on any atom is -0.359 e. The Hall–Kier alpha value is -0.860. The smallest absolute Gasteiger partial charge is 0.146 e. The summed E-state index contributed by atoms with van der Waals surface area (Å²) < 4.78 is 9.95. The molecule has 0 N–H and O–H groups in total. The SMILES string of the molecule is COCOCc1ccc(C)cc1. The quantitative estimate of drug-likeness (QED) is 0.504. The Morgan fingerprint density at radius 1 is 1.17 bits per heavy atom. The molecule has 0 saturated carbocycles. The lowest BCUT2D eigenvalue weighted by atomic mass is 10.2. The molecule has 0 spiro atoms. The van der Waals surface area contributed by atoms with Crippen molar-refractivity contribution in [1.82, 2.24) is 0 Å². The van der Waals surface area contributed by atoms with Crippen molar-refractivity contribution in [3.63, 3.8) is 0 Å². The van der Waals surface area contributed by atoms with E-state index in [9.17, 15) is 0 Å². The number of hydrogen-bond acceptors (Lipinski definition) is 2. The molecule has 0 heterocycles. The van der Waals surface area contributed by atoms with Crippen molar-refractivity contribution in [3.8, 4) is 0 Å².